The maximum atomic E-state index is 11.5. The molecule has 0 aromatic carbocycles. The van der Waals surface area contributed by atoms with E-state index >= 15 is 0 Å². The van der Waals surface area contributed by atoms with Gasteiger partial charge in [-0.15, -0.1) is 23.1 Å². The summed E-state index contributed by atoms with van der Waals surface area (Å²) in [6.07, 6.45) is 2.42. The summed E-state index contributed by atoms with van der Waals surface area (Å²) in [7, 11) is 0. The van der Waals surface area contributed by atoms with Crippen LogP contribution in [0, 0.1) is 0 Å². The first-order chi connectivity index (χ1) is 7.84. The number of thiophene rings is 1. The van der Waals surface area contributed by atoms with Crippen molar-refractivity contribution in [3.05, 3.63) is 17.5 Å². The summed E-state index contributed by atoms with van der Waals surface area (Å²) in [5, 5.41) is 4.93. The lowest BCUT2D eigenvalue weighted by molar-refractivity contribution is -0.119. The third-order valence-corrected chi connectivity index (χ3v) is 4.52. The molecule has 0 saturated carbocycles. The Morgan fingerprint density at radius 3 is 3.31 bits per heavy atom. The monoisotopic (exact) mass is 257 g/mol. The summed E-state index contributed by atoms with van der Waals surface area (Å²) >= 11 is 3.25. The first kappa shape index (κ1) is 12.0. The number of nitrogens with one attached hydrogen (secondary N) is 1. The standard InChI is InChI=1S/C11H15NO2S2/c13-10(8-16-11-4-2-6-15-11)12-7-9-3-1-5-14-9/h2,4,6,9H,1,3,5,7-8H2,(H,12,13). The molecule has 0 spiro atoms. The van der Waals surface area contributed by atoms with Gasteiger partial charge >= 0.3 is 0 Å². The second kappa shape index (κ2) is 6.27. The van der Waals surface area contributed by atoms with Crippen molar-refractivity contribution >= 4 is 29.0 Å². The molecule has 1 fully saturated rings. The zero-order valence-corrected chi connectivity index (χ0v) is 10.6. The Hall–Kier alpha value is -0.520. The van der Waals surface area contributed by atoms with Gasteiger partial charge < -0.3 is 10.1 Å². The molecule has 2 rings (SSSR count). The summed E-state index contributed by atoms with van der Waals surface area (Å²) in [4.78, 5) is 11.5. The highest BCUT2D eigenvalue weighted by Gasteiger charge is 2.15. The zero-order chi connectivity index (χ0) is 11.2. The van der Waals surface area contributed by atoms with Crippen LogP contribution in [0.25, 0.3) is 0 Å². The van der Waals surface area contributed by atoms with Crippen molar-refractivity contribution < 1.29 is 9.53 Å². The quantitative estimate of drug-likeness (QED) is 0.821. The van der Waals surface area contributed by atoms with Crippen molar-refractivity contribution in [1.82, 2.24) is 5.32 Å². The fraction of sp³-hybridized carbons (Fsp3) is 0.545. The minimum absolute atomic E-state index is 0.0916. The molecule has 1 aromatic rings. The van der Waals surface area contributed by atoms with Gasteiger partial charge in [0.15, 0.2) is 0 Å². The molecule has 88 valence electrons. The Balaban J connectivity index is 1.60. The Morgan fingerprint density at radius 2 is 2.62 bits per heavy atom. The molecule has 0 bridgehead atoms. The lowest BCUT2D eigenvalue weighted by Gasteiger charge is -2.10. The molecule has 1 amide bonds. The fourth-order valence-corrected chi connectivity index (χ4v) is 3.18. The highest BCUT2D eigenvalue weighted by Crippen LogP contribution is 2.22. The van der Waals surface area contributed by atoms with Crippen LogP contribution in [0.4, 0.5) is 0 Å². The number of carbonyl (C=O) groups is 1. The molecule has 0 radical (unpaired) electrons. The molecule has 1 N–H and O–H groups in total. The Morgan fingerprint density at radius 1 is 1.69 bits per heavy atom. The van der Waals surface area contributed by atoms with E-state index in [2.05, 4.69) is 5.32 Å². The number of hydrogen-bond acceptors (Lipinski definition) is 4. The lowest BCUT2D eigenvalue weighted by Crippen LogP contribution is -2.32. The van der Waals surface area contributed by atoms with Crippen LogP contribution in [0.15, 0.2) is 21.7 Å². The highest BCUT2D eigenvalue weighted by molar-refractivity contribution is 8.01. The number of hydrogen-bond donors (Lipinski definition) is 1. The minimum Gasteiger partial charge on any atom is -0.376 e. The van der Waals surface area contributed by atoms with Crippen molar-refractivity contribution in [2.24, 2.45) is 0 Å². The number of rotatable bonds is 5. The number of thioether (sulfide) groups is 1. The number of carbonyl (C=O) groups excluding carboxylic acids is 1. The number of amides is 1. The van der Waals surface area contributed by atoms with Crippen molar-refractivity contribution in [1.29, 1.82) is 0 Å². The van der Waals surface area contributed by atoms with Crippen LogP contribution in [0.3, 0.4) is 0 Å². The van der Waals surface area contributed by atoms with Gasteiger partial charge in [-0.1, -0.05) is 6.07 Å². The molecule has 1 aromatic heterocycles. The predicted octanol–water partition coefficient (Wildman–Crippen LogP) is 2.14. The Kier molecular flexibility index (Phi) is 4.69. The highest BCUT2D eigenvalue weighted by atomic mass is 32.2. The normalized spacial score (nSPS) is 19.9. The molecule has 16 heavy (non-hydrogen) atoms. The average Bonchev–Trinajstić information content (AvgIpc) is 2.96. The third-order valence-electron chi connectivity index (χ3n) is 2.39. The molecular formula is C11H15NO2S2. The molecule has 1 aliphatic heterocycles. The summed E-state index contributed by atoms with van der Waals surface area (Å²) in [6.45, 7) is 1.49. The van der Waals surface area contributed by atoms with Gasteiger partial charge in [-0.3, -0.25) is 4.79 Å². The van der Waals surface area contributed by atoms with Crippen LogP contribution < -0.4 is 5.32 Å². The molecule has 1 unspecified atom stereocenters. The maximum absolute atomic E-state index is 11.5. The lowest BCUT2D eigenvalue weighted by atomic mass is 10.2. The molecular weight excluding hydrogens is 242 g/mol. The van der Waals surface area contributed by atoms with Crippen LogP contribution in [-0.2, 0) is 9.53 Å². The summed E-state index contributed by atoms with van der Waals surface area (Å²) < 4.78 is 6.62. The summed E-state index contributed by atoms with van der Waals surface area (Å²) in [6, 6.07) is 4.03. The van der Waals surface area contributed by atoms with E-state index in [4.69, 9.17) is 4.74 Å². The maximum Gasteiger partial charge on any atom is 0.230 e. The van der Waals surface area contributed by atoms with E-state index in [1.54, 1.807) is 23.1 Å². The molecule has 1 atom stereocenters. The van der Waals surface area contributed by atoms with Crippen molar-refractivity contribution in [2.45, 2.75) is 23.2 Å². The summed E-state index contributed by atoms with van der Waals surface area (Å²) in [5.41, 5.74) is 0. The van der Waals surface area contributed by atoms with Crippen molar-refractivity contribution in [3.8, 4) is 0 Å². The molecule has 3 nitrogen and oxygen atoms in total. The smallest absolute Gasteiger partial charge is 0.230 e. The van der Waals surface area contributed by atoms with Gasteiger partial charge in [0.2, 0.25) is 5.91 Å². The van der Waals surface area contributed by atoms with Crippen molar-refractivity contribution in [2.75, 3.05) is 18.9 Å². The minimum atomic E-state index is 0.0916. The van der Waals surface area contributed by atoms with Crippen LogP contribution in [-0.4, -0.2) is 30.9 Å². The zero-order valence-electron chi connectivity index (χ0n) is 8.98. The van der Waals surface area contributed by atoms with Crippen LogP contribution in [0.2, 0.25) is 0 Å². The van der Waals surface area contributed by atoms with E-state index < -0.39 is 0 Å². The van der Waals surface area contributed by atoms with Crippen LogP contribution >= 0.6 is 23.1 Å². The first-order valence-electron chi connectivity index (χ1n) is 5.39. The predicted molar refractivity (Wildman–Crippen MR) is 67.0 cm³/mol. The van der Waals surface area contributed by atoms with Gasteiger partial charge in [-0.05, 0) is 24.3 Å². The molecule has 1 saturated heterocycles. The number of ether oxygens (including phenoxy) is 1. The molecule has 0 aliphatic carbocycles. The molecule has 1 aliphatic rings. The largest absolute Gasteiger partial charge is 0.376 e. The van der Waals surface area contributed by atoms with Crippen molar-refractivity contribution in [3.63, 3.8) is 0 Å². The summed E-state index contributed by atoms with van der Waals surface area (Å²) in [5.74, 6) is 0.585. The first-order valence-corrected chi connectivity index (χ1v) is 7.26. The van der Waals surface area contributed by atoms with E-state index in [0.717, 1.165) is 19.4 Å². The van der Waals surface area contributed by atoms with E-state index in [0.29, 0.717) is 12.3 Å². The Bertz CT molecular complexity index is 321. The van der Waals surface area contributed by atoms with Gasteiger partial charge in [-0.2, -0.15) is 0 Å². The van der Waals surface area contributed by atoms with E-state index in [9.17, 15) is 4.79 Å². The van der Waals surface area contributed by atoms with Gasteiger partial charge in [0.05, 0.1) is 16.1 Å². The molecule has 2 heterocycles. The van der Waals surface area contributed by atoms with E-state index in [1.165, 1.54) is 4.21 Å². The third kappa shape index (κ3) is 3.81. The van der Waals surface area contributed by atoms with Gasteiger partial charge in [0.1, 0.15) is 0 Å². The van der Waals surface area contributed by atoms with Gasteiger partial charge in [0, 0.05) is 13.2 Å². The van der Waals surface area contributed by atoms with E-state index in [-0.39, 0.29) is 12.0 Å². The second-order valence-corrected chi connectivity index (χ2v) is 5.88. The van der Waals surface area contributed by atoms with Gasteiger partial charge in [0.25, 0.3) is 0 Å². The second-order valence-electron chi connectivity index (χ2n) is 3.66. The van der Waals surface area contributed by atoms with E-state index in [1.807, 2.05) is 17.5 Å². The molecule has 5 heteroatoms. The topological polar surface area (TPSA) is 38.3 Å². The Labute approximate surface area is 104 Å². The van der Waals surface area contributed by atoms with Crippen LogP contribution in [0.1, 0.15) is 12.8 Å². The fourth-order valence-electron chi connectivity index (χ4n) is 1.57. The SMILES string of the molecule is O=C(CSc1cccs1)NCC1CCCO1. The average molecular weight is 257 g/mol. The van der Waals surface area contributed by atoms with Gasteiger partial charge in [-0.25, -0.2) is 0 Å². The van der Waals surface area contributed by atoms with Crippen LogP contribution in [0.5, 0.6) is 0 Å².